The molecule has 0 saturated heterocycles. The molecule has 0 bridgehead atoms. The van der Waals surface area contributed by atoms with Crippen molar-refractivity contribution in [1.82, 2.24) is 14.9 Å². The number of amides is 2. The molecule has 0 atom stereocenters. The van der Waals surface area contributed by atoms with Crippen molar-refractivity contribution in [1.29, 1.82) is 5.26 Å². The Kier molecular flexibility index (Phi) is 5.45. The van der Waals surface area contributed by atoms with Gasteiger partial charge in [-0.3, -0.25) is 9.59 Å². The van der Waals surface area contributed by atoms with Crippen LogP contribution in [-0.2, 0) is 11.2 Å². The molecule has 0 radical (unpaired) electrons. The molecule has 1 aromatic heterocycles. The van der Waals surface area contributed by atoms with E-state index >= 15 is 0 Å². The first kappa shape index (κ1) is 20.6. The van der Waals surface area contributed by atoms with E-state index in [1.165, 1.54) is 0 Å². The molecule has 2 aromatic carbocycles. The molecular weight excluding hydrogens is 416 g/mol. The molecule has 8 heteroatoms. The van der Waals surface area contributed by atoms with E-state index in [0.717, 1.165) is 35.3 Å². The minimum atomic E-state index is -0.0965. The first-order valence-corrected chi connectivity index (χ1v) is 10.9. The van der Waals surface area contributed by atoms with E-state index in [4.69, 9.17) is 5.26 Å². The molecule has 1 fully saturated rings. The molecule has 2 amide bonds. The lowest BCUT2D eigenvalue weighted by Gasteiger charge is -2.21. The SMILES string of the molecule is N#CCCN(C(=O)c1ccc(Nc2ncc3c(n2)-c2ccccc2NC(=O)C3)cc1)C1CC1. The predicted molar refractivity (Wildman–Crippen MR) is 124 cm³/mol. The van der Waals surface area contributed by atoms with Crippen molar-refractivity contribution in [3.63, 3.8) is 0 Å². The van der Waals surface area contributed by atoms with Gasteiger partial charge in [-0.15, -0.1) is 0 Å². The molecule has 2 heterocycles. The number of benzene rings is 2. The van der Waals surface area contributed by atoms with Crippen LogP contribution in [0.1, 0.15) is 35.2 Å². The van der Waals surface area contributed by atoms with E-state index in [1.54, 1.807) is 23.2 Å². The molecule has 8 nitrogen and oxygen atoms in total. The van der Waals surface area contributed by atoms with Crippen molar-refractivity contribution in [3.8, 4) is 17.3 Å². The van der Waals surface area contributed by atoms with E-state index < -0.39 is 0 Å². The van der Waals surface area contributed by atoms with E-state index in [2.05, 4.69) is 26.7 Å². The summed E-state index contributed by atoms with van der Waals surface area (Å²) >= 11 is 0. The number of fused-ring (bicyclic) bond motifs is 3. The number of rotatable bonds is 6. The summed E-state index contributed by atoms with van der Waals surface area (Å²) in [6.07, 6.45) is 4.21. The lowest BCUT2D eigenvalue weighted by atomic mass is 10.1. The van der Waals surface area contributed by atoms with Gasteiger partial charge in [-0.2, -0.15) is 5.26 Å². The number of hydrogen-bond acceptors (Lipinski definition) is 6. The number of carbonyl (C=O) groups excluding carboxylic acids is 2. The van der Waals surface area contributed by atoms with Gasteiger partial charge in [0.05, 0.1) is 30.3 Å². The van der Waals surface area contributed by atoms with Crippen molar-refractivity contribution in [2.24, 2.45) is 0 Å². The van der Waals surface area contributed by atoms with Crippen LogP contribution in [0.3, 0.4) is 0 Å². The Morgan fingerprint density at radius 3 is 2.73 bits per heavy atom. The zero-order chi connectivity index (χ0) is 22.8. The van der Waals surface area contributed by atoms with Gasteiger partial charge < -0.3 is 15.5 Å². The molecule has 1 aliphatic heterocycles. The predicted octanol–water partition coefficient (Wildman–Crippen LogP) is 3.90. The van der Waals surface area contributed by atoms with Crippen molar-refractivity contribution < 1.29 is 9.59 Å². The molecule has 33 heavy (non-hydrogen) atoms. The monoisotopic (exact) mass is 438 g/mol. The van der Waals surface area contributed by atoms with Crippen molar-refractivity contribution in [2.45, 2.75) is 31.7 Å². The van der Waals surface area contributed by atoms with Gasteiger partial charge in [0.25, 0.3) is 5.91 Å². The second-order valence-electron chi connectivity index (χ2n) is 8.18. The third-order valence-electron chi connectivity index (χ3n) is 5.77. The molecule has 5 rings (SSSR count). The van der Waals surface area contributed by atoms with Crippen LogP contribution in [0, 0.1) is 11.3 Å². The van der Waals surface area contributed by atoms with Gasteiger partial charge >= 0.3 is 0 Å². The number of para-hydroxylation sites is 1. The summed E-state index contributed by atoms with van der Waals surface area (Å²) in [6, 6.07) is 17.1. The minimum Gasteiger partial charge on any atom is -0.335 e. The second-order valence-corrected chi connectivity index (χ2v) is 8.18. The summed E-state index contributed by atoms with van der Waals surface area (Å²) in [6.45, 7) is 0.460. The maximum atomic E-state index is 12.9. The fourth-order valence-corrected chi connectivity index (χ4v) is 3.99. The largest absolute Gasteiger partial charge is 0.335 e. The molecule has 1 aliphatic carbocycles. The van der Waals surface area contributed by atoms with Crippen LogP contribution in [0.25, 0.3) is 11.3 Å². The van der Waals surface area contributed by atoms with Gasteiger partial charge in [-0.1, -0.05) is 18.2 Å². The first-order chi connectivity index (χ1) is 16.1. The Morgan fingerprint density at radius 1 is 1.18 bits per heavy atom. The molecule has 2 aliphatic rings. The maximum Gasteiger partial charge on any atom is 0.254 e. The molecular formula is C25H22N6O2. The average molecular weight is 438 g/mol. The number of anilines is 3. The van der Waals surface area contributed by atoms with Gasteiger partial charge in [-0.25, -0.2) is 9.97 Å². The summed E-state index contributed by atoms with van der Waals surface area (Å²) in [5.74, 6) is 0.265. The molecule has 3 aromatic rings. The Hall–Kier alpha value is -4.25. The summed E-state index contributed by atoms with van der Waals surface area (Å²) < 4.78 is 0. The van der Waals surface area contributed by atoms with E-state index in [-0.39, 0.29) is 24.3 Å². The zero-order valence-corrected chi connectivity index (χ0v) is 17.9. The van der Waals surface area contributed by atoms with Crippen LogP contribution in [0.5, 0.6) is 0 Å². The van der Waals surface area contributed by atoms with E-state index in [0.29, 0.717) is 30.2 Å². The summed E-state index contributed by atoms with van der Waals surface area (Å²) in [4.78, 5) is 35.9. The summed E-state index contributed by atoms with van der Waals surface area (Å²) in [7, 11) is 0. The van der Waals surface area contributed by atoms with Gasteiger partial charge in [0, 0.05) is 41.2 Å². The normalized spacial score (nSPS) is 14.2. The highest BCUT2D eigenvalue weighted by Crippen LogP contribution is 2.33. The number of aromatic nitrogens is 2. The average Bonchev–Trinajstić information content (AvgIpc) is 3.67. The van der Waals surface area contributed by atoms with Gasteiger partial charge in [0.2, 0.25) is 11.9 Å². The van der Waals surface area contributed by atoms with Crippen molar-refractivity contribution in [2.75, 3.05) is 17.2 Å². The lowest BCUT2D eigenvalue weighted by Crippen LogP contribution is -2.33. The smallest absolute Gasteiger partial charge is 0.254 e. The van der Waals surface area contributed by atoms with Crippen molar-refractivity contribution >= 4 is 29.1 Å². The molecule has 1 saturated carbocycles. The second kappa shape index (κ2) is 8.71. The van der Waals surface area contributed by atoms with Crippen LogP contribution in [0.4, 0.5) is 17.3 Å². The Morgan fingerprint density at radius 2 is 1.97 bits per heavy atom. The van der Waals surface area contributed by atoms with Gasteiger partial charge in [0.15, 0.2) is 0 Å². The number of nitriles is 1. The van der Waals surface area contributed by atoms with Gasteiger partial charge in [-0.05, 0) is 43.2 Å². The topological polar surface area (TPSA) is 111 Å². The molecule has 0 spiro atoms. The van der Waals surface area contributed by atoms with Crippen LogP contribution in [0.2, 0.25) is 0 Å². The summed E-state index contributed by atoms with van der Waals surface area (Å²) in [5.41, 5.74) is 4.39. The minimum absolute atomic E-state index is 0.0469. The lowest BCUT2D eigenvalue weighted by molar-refractivity contribution is -0.115. The van der Waals surface area contributed by atoms with E-state index in [9.17, 15) is 9.59 Å². The highest BCUT2D eigenvalue weighted by atomic mass is 16.2. The number of hydrogen-bond donors (Lipinski definition) is 2. The zero-order valence-electron chi connectivity index (χ0n) is 17.9. The van der Waals surface area contributed by atoms with Crippen LogP contribution in [0.15, 0.2) is 54.7 Å². The number of nitrogens with one attached hydrogen (secondary N) is 2. The molecule has 2 N–H and O–H groups in total. The van der Waals surface area contributed by atoms with Crippen LogP contribution in [-0.4, -0.2) is 39.3 Å². The Bertz CT molecular complexity index is 1260. The standard InChI is InChI=1S/C25H22N6O2/c26-12-3-13-31(19-10-11-19)24(33)16-6-8-18(9-7-16)28-25-27-15-17-14-22(32)29-21-5-2-1-4-20(21)23(17)30-25/h1-2,4-9,15,19H,3,10-11,13-14H2,(H,29,32)(H,27,28,30). The maximum absolute atomic E-state index is 12.9. The van der Waals surface area contributed by atoms with Crippen molar-refractivity contribution in [3.05, 3.63) is 65.9 Å². The fourth-order valence-electron chi connectivity index (χ4n) is 3.99. The fraction of sp³-hybridized carbons (Fsp3) is 0.240. The highest BCUT2D eigenvalue weighted by molar-refractivity contribution is 6.00. The third-order valence-corrected chi connectivity index (χ3v) is 5.77. The molecule has 164 valence electrons. The van der Waals surface area contributed by atoms with Crippen LogP contribution >= 0.6 is 0 Å². The number of carbonyl (C=O) groups is 2. The van der Waals surface area contributed by atoms with Crippen LogP contribution < -0.4 is 10.6 Å². The third kappa shape index (κ3) is 4.39. The summed E-state index contributed by atoms with van der Waals surface area (Å²) in [5, 5.41) is 15.0. The number of nitrogens with zero attached hydrogens (tertiary/aromatic N) is 4. The van der Waals surface area contributed by atoms with Gasteiger partial charge in [0.1, 0.15) is 0 Å². The molecule has 0 unspecified atom stereocenters. The highest BCUT2D eigenvalue weighted by Gasteiger charge is 2.32. The quantitative estimate of drug-likeness (QED) is 0.604. The Labute approximate surface area is 191 Å². The Balaban J connectivity index is 1.36. The van der Waals surface area contributed by atoms with E-state index in [1.807, 2.05) is 36.4 Å². The first-order valence-electron chi connectivity index (χ1n) is 10.9.